The summed E-state index contributed by atoms with van der Waals surface area (Å²) in [5.74, 6) is -1.05. The molecule has 2 N–H and O–H groups in total. The van der Waals surface area contributed by atoms with Gasteiger partial charge >= 0.3 is 5.97 Å². The van der Waals surface area contributed by atoms with Crippen LogP contribution >= 0.6 is 0 Å². The highest BCUT2D eigenvalue weighted by Gasteiger charge is 2.13. The summed E-state index contributed by atoms with van der Waals surface area (Å²) >= 11 is 0. The van der Waals surface area contributed by atoms with E-state index in [0.717, 1.165) is 0 Å². The summed E-state index contributed by atoms with van der Waals surface area (Å²) in [5, 5.41) is 8.88. The van der Waals surface area contributed by atoms with Gasteiger partial charge in [-0.25, -0.2) is 14.8 Å². The molecule has 0 saturated carbocycles. The molecule has 0 aliphatic carbocycles. The Morgan fingerprint density at radius 3 is 2.81 bits per heavy atom. The fraction of sp³-hybridized carbons (Fsp3) is 0.500. The molecule has 1 heterocycles. The molecule has 88 valence electrons. The van der Waals surface area contributed by atoms with E-state index in [1.807, 2.05) is 20.8 Å². The van der Waals surface area contributed by atoms with Gasteiger partial charge in [0.2, 0.25) is 0 Å². The fourth-order valence-corrected chi connectivity index (χ4v) is 0.995. The van der Waals surface area contributed by atoms with Crippen LogP contribution in [0.25, 0.3) is 0 Å². The molecule has 1 aromatic rings. The Morgan fingerprint density at radius 2 is 2.25 bits per heavy atom. The third-order valence-electron chi connectivity index (χ3n) is 1.64. The lowest BCUT2D eigenvalue weighted by Gasteiger charge is -2.19. The Labute approximate surface area is 93.6 Å². The number of carboxylic acid groups (broad SMARTS) is 1. The van der Waals surface area contributed by atoms with Gasteiger partial charge < -0.3 is 5.11 Å². The van der Waals surface area contributed by atoms with Gasteiger partial charge in [0.1, 0.15) is 11.9 Å². The molecule has 6 heteroatoms. The molecule has 0 atom stereocenters. The van der Waals surface area contributed by atoms with Crippen molar-refractivity contribution < 1.29 is 14.7 Å². The monoisotopic (exact) mass is 225 g/mol. The number of hydrogen-bond acceptors (Lipinski definition) is 5. The van der Waals surface area contributed by atoms with Crippen LogP contribution in [0.3, 0.4) is 0 Å². The van der Waals surface area contributed by atoms with Gasteiger partial charge in [-0.2, -0.15) is 5.48 Å². The van der Waals surface area contributed by atoms with Crippen molar-refractivity contribution in [1.29, 1.82) is 0 Å². The number of nitrogens with zero attached hydrogens (tertiary/aromatic N) is 2. The molecule has 16 heavy (non-hydrogen) atoms. The van der Waals surface area contributed by atoms with Crippen LogP contribution in [0.5, 0.6) is 0 Å². The number of aromatic nitrogens is 2. The molecule has 0 aliphatic heterocycles. The predicted molar refractivity (Wildman–Crippen MR) is 56.7 cm³/mol. The van der Waals surface area contributed by atoms with Crippen LogP contribution in [0.4, 0.5) is 0 Å². The average molecular weight is 225 g/mol. The molecular weight excluding hydrogens is 210 g/mol. The molecule has 1 aromatic heterocycles. The van der Waals surface area contributed by atoms with Crippen molar-refractivity contribution in [2.75, 3.05) is 0 Å². The van der Waals surface area contributed by atoms with E-state index in [2.05, 4.69) is 15.4 Å². The maximum Gasteiger partial charge on any atom is 0.339 e. The quantitative estimate of drug-likeness (QED) is 0.743. The van der Waals surface area contributed by atoms with Crippen LogP contribution in [0.2, 0.25) is 0 Å². The van der Waals surface area contributed by atoms with Crippen molar-refractivity contribution in [3.8, 4) is 0 Å². The summed E-state index contributed by atoms with van der Waals surface area (Å²) < 4.78 is 0. The van der Waals surface area contributed by atoms with E-state index in [9.17, 15) is 4.79 Å². The smallest absolute Gasteiger partial charge is 0.339 e. The van der Waals surface area contributed by atoms with E-state index in [0.29, 0.717) is 5.69 Å². The van der Waals surface area contributed by atoms with Crippen molar-refractivity contribution >= 4 is 5.97 Å². The lowest BCUT2D eigenvalue weighted by atomic mass is 10.2. The van der Waals surface area contributed by atoms with Crippen LogP contribution in [-0.2, 0) is 11.4 Å². The highest BCUT2D eigenvalue weighted by Crippen LogP contribution is 2.06. The summed E-state index contributed by atoms with van der Waals surface area (Å²) in [6.45, 7) is 5.88. The molecule has 6 nitrogen and oxygen atoms in total. The van der Waals surface area contributed by atoms with Gasteiger partial charge in [-0.05, 0) is 20.8 Å². The number of carboxylic acids is 1. The standard InChI is InChI=1S/C10H15N3O3/c1-10(2,3)16-13-5-8-7(9(14)15)4-11-6-12-8/h4,6,13H,5H2,1-3H3,(H,14,15). The fourth-order valence-electron chi connectivity index (χ4n) is 0.995. The maximum absolute atomic E-state index is 10.8. The summed E-state index contributed by atoms with van der Waals surface area (Å²) in [6, 6.07) is 0. The van der Waals surface area contributed by atoms with Crippen LogP contribution < -0.4 is 5.48 Å². The Hall–Kier alpha value is -1.53. The number of carbonyl (C=O) groups is 1. The second-order valence-electron chi connectivity index (χ2n) is 4.22. The summed E-state index contributed by atoms with van der Waals surface area (Å²) in [4.78, 5) is 23.6. The summed E-state index contributed by atoms with van der Waals surface area (Å²) in [6.07, 6.45) is 2.57. The van der Waals surface area contributed by atoms with Gasteiger partial charge in [0, 0.05) is 6.20 Å². The van der Waals surface area contributed by atoms with Crippen LogP contribution in [-0.4, -0.2) is 26.6 Å². The Bertz CT molecular complexity index is 374. The normalized spacial score (nSPS) is 11.4. The maximum atomic E-state index is 10.8. The SMILES string of the molecule is CC(C)(C)ONCc1ncncc1C(=O)O. The van der Waals surface area contributed by atoms with E-state index < -0.39 is 5.97 Å². The molecule has 0 radical (unpaired) electrons. The third kappa shape index (κ3) is 3.92. The van der Waals surface area contributed by atoms with Crippen LogP contribution in [0, 0.1) is 0 Å². The zero-order valence-corrected chi connectivity index (χ0v) is 9.52. The third-order valence-corrected chi connectivity index (χ3v) is 1.64. The Balaban J connectivity index is 2.64. The lowest BCUT2D eigenvalue weighted by Crippen LogP contribution is -2.29. The van der Waals surface area contributed by atoms with E-state index in [1.165, 1.54) is 12.5 Å². The van der Waals surface area contributed by atoms with Crippen molar-refractivity contribution in [3.05, 3.63) is 23.8 Å². The highest BCUT2D eigenvalue weighted by molar-refractivity contribution is 5.88. The average Bonchev–Trinajstić information content (AvgIpc) is 2.16. The number of nitrogens with one attached hydrogen (secondary N) is 1. The van der Waals surface area contributed by atoms with Gasteiger partial charge in [0.05, 0.1) is 17.8 Å². The second-order valence-corrected chi connectivity index (χ2v) is 4.22. The van der Waals surface area contributed by atoms with Gasteiger partial charge in [0.15, 0.2) is 0 Å². The van der Waals surface area contributed by atoms with Gasteiger partial charge in [-0.15, -0.1) is 0 Å². The zero-order chi connectivity index (χ0) is 12.2. The predicted octanol–water partition coefficient (Wildman–Crippen LogP) is 0.995. The molecule has 0 fully saturated rings. The first kappa shape index (κ1) is 12.5. The second kappa shape index (κ2) is 5.00. The molecule has 0 aliphatic rings. The number of rotatable bonds is 4. The molecule has 0 amide bonds. The number of hydroxylamine groups is 1. The van der Waals surface area contributed by atoms with E-state index >= 15 is 0 Å². The van der Waals surface area contributed by atoms with Gasteiger partial charge in [0.25, 0.3) is 0 Å². The number of aromatic carboxylic acids is 1. The molecular formula is C10H15N3O3. The molecule has 1 rings (SSSR count). The molecule has 0 saturated heterocycles. The van der Waals surface area contributed by atoms with Crippen LogP contribution in [0.1, 0.15) is 36.8 Å². The highest BCUT2D eigenvalue weighted by atomic mass is 16.7. The Kier molecular flexibility index (Phi) is 3.92. The minimum absolute atomic E-state index is 0.0764. The largest absolute Gasteiger partial charge is 0.478 e. The molecule has 0 bridgehead atoms. The molecule has 0 spiro atoms. The van der Waals surface area contributed by atoms with Crippen molar-refractivity contribution in [1.82, 2.24) is 15.4 Å². The summed E-state index contributed by atoms with van der Waals surface area (Å²) in [5.41, 5.74) is 2.82. The Morgan fingerprint density at radius 1 is 1.56 bits per heavy atom. The van der Waals surface area contributed by atoms with Crippen molar-refractivity contribution in [3.63, 3.8) is 0 Å². The van der Waals surface area contributed by atoms with Crippen molar-refractivity contribution in [2.24, 2.45) is 0 Å². The first-order valence-corrected chi connectivity index (χ1v) is 4.83. The van der Waals surface area contributed by atoms with Gasteiger partial charge in [-0.1, -0.05) is 0 Å². The minimum Gasteiger partial charge on any atom is -0.478 e. The van der Waals surface area contributed by atoms with E-state index in [1.54, 1.807) is 0 Å². The molecule has 0 aromatic carbocycles. The zero-order valence-electron chi connectivity index (χ0n) is 9.52. The van der Waals surface area contributed by atoms with Gasteiger partial charge in [-0.3, -0.25) is 4.84 Å². The van der Waals surface area contributed by atoms with E-state index in [-0.39, 0.29) is 17.7 Å². The summed E-state index contributed by atoms with van der Waals surface area (Å²) in [7, 11) is 0. The van der Waals surface area contributed by atoms with Crippen LogP contribution in [0.15, 0.2) is 12.5 Å². The first-order valence-electron chi connectivity index (χ1n) is 4.83. The number of hydrogen-bond donors (Lipinski definition) is 2. The molecule has 0 unspecified atom stereocenters. The van der Waals surface area contributed by atoms with Crippen molar-refractivity contribution in [2.45, 2.75) is 32.9 Å². The van der Waals surface area contributed by atoms with E-state index in [4.69, 9.17) is 9.94 Å². The minimum atomic E-state index is -1.05. The first-order chi connectivity index (χ1) is 7.40. The topological polar surface area (TPSA) is 84.3 Å². The lowest BCUT2D eigenvalue weighted by molar-refractivity contribution is -0.0762.